The lowest BCUT2D eigenvalue weighted by Crippen LogP contribution is -2.17. The maximum atomic E-state index is 13.4. The fourth-order valence-electron chi connectivity index (χ4n) is 4.26. The fourth-order valence-corrected chi connectivity index (χ4v) is 5.38. The maximum Gasteiger partial charge on any atom is 0.416 e. The Morgan fingerprint density at radius 1 is 0.976 bits per heavy atom. The highest BCUT2D eigenvalue weighted by Crippen LogP contribution is 2.30. The summed E-state index contributed by atoms with van der Waals surface area (Å²) in [5, 5.41) is 15.0. The van der Waals surface area contributed by atoms with Crippen LogP contribution >= 0.6 is 22.9 Å². The van der Waals surface area contributed by atoms with Gasteiger partial charge in [-0.05, 0) is 54.1 Å². The van der Waals surface area contributed by atoms with Crippen molar-refractivity contribution in [3.8, 4) is 28.4 Å². The van der Waals surface area contributed by atoms with Gasteiger partial charge in [-0.2, -0.15) is 13.2 Å². The van der Waals surface area contributed by atoms with Crippen LogP contribution in [0.5, 0.6) is 0 Å². The summed E-state index contributed by atoms with van der Waals surface area (Å²) in [4.78, 5) is 5.16. The number of hydrogen-bond donors (Lipinski definition) is 0. The molecule has 0 amide bonds. The van der Waals surface area contributed by atoms with Gasteiger partial charge in [0.2, 0.25) is 0 Å². The van der Waals surface area contributed by atoms with E-state index in [1.807, 2.05) is 28.1 Å². The van der Waals surface area contributed by atoms with Crippen LogP contribution in [0.4, 0.5) is 17.6 Å². The summed E-state index contributed by atoms with van der Waals surface area (Å²) in [6.07, 6.45) is -2.75. The molecule has 0 aliphatic heterocycles. The molecule has 13 heteroatoms. The van der Waals surface area contributed by atoms with E-state index in [0.717, 1.165) is 12.1 Å². The van der Waals surface area contributed by atoms with Crippen LogP contribution in [0.1, 0.15) is 16.8 Å². The molecule has 0 aliphatic rings. The number of aromatic nitrogens is 5. The number of hydrogen-bond acceptors (Lipinski definition) is 6. The first-order chi connectivity index (χ1) is 20.2. The number of thiazole rings is 1. The first kappa shape index (κ1) is 27.6. The van der Waals surface area contributed by atoms with E-state index in [1.165, 1.54) is 34.2 Å². The van der Waals surface area contributed by atoms with Crippen LogP contribution in [0, 0.1) is 5.82 Å². The van der Waals surface area contributed by atoms with Crippen LogP contribution in [-0.2, 0) is 19.3 Å². The highest BCUT2D eigenvalue weighted by molar-refractivity contribution is 7.07. The molecule has 6 rings (SSSR count). The van der Waals surface area contributed by atoms with Gasteiger partial charge < -0.3 is 9.09 Å². The average molecular weight is 611 g/mol. The molecule has 0 saturated carbocycles. The van der Waals surface area contributed by atoms with Gasteiger partial charge in [-0.3, -0.25) is 4.99 Å². The van der Waals surface area contributed by atoms with Gasteiger partial charge in [0.15, 0.2) is 10.6 Å². The number of rotatable bonds is 7. The molecule has 0 atom stereocenters. The van der Waals surface area contributed by atoms with E-state index >= 15 is 0 Å². The van der Waals surface area contributed by atoms with E-state index in [1.54, 1.807) is 36.5 Å². The van der Waals surface area contributed by atoms with Crippen molar-refractivity contribution in [1.29, 1.82) is 0 Å². The number of nitrogens with zero attached hydrogens (tertiary/aromatic N) is 6. The lowest BCUT2D eigenvalue weighted by molar-refractivity contribution is -0.137. The fraction of sp³-hybridized carbons (Fsp3) is 0.103. The summed E-state index contributed by atoms with van der Waals surface area (Å²) < 4.78 is 62.0. The third-order valence-electron chi connectivity index (χ3n) is 6.31. The van der Waals surface area contributed by atoms with Gasteiger partial charge in [-0.25, -0.2) is 9.07 Å². The SMILES string of the molecule is Fc1ccc(-n2cc(-c3csc(=NCc4cccc(C(F)(F)F)c4)n3Cc3cc(-c4ccccc4Cl)on3)nn2)cc1. The summed E-state index contributed by atoms with van der Waals surface area (Å²) in [5.74, 6) is 0.114. The average Bonchev–Trinajstić information content (AvgIpc) is 3.73. The molecule has 0 N–H and O–H groups in total. The second kappa shape index (κ2) is 11.4. The van der Waals surface area contributed by atoms with Gasteiger partial charge in [0.05, 0.1) is 41.3 Å². The first-order valence-electron chi connectivity index (χ1n) is 12.5. The van der Waals surface area contributed by atoms with Crippen molar-refractivity contribution in [2.45, 2.75) is 19.3 Å². The Labute approximate surface area is 245 Å². The highest BCUT2D eigenvalue weighted by atomic mass is 35.5. The molecule has 212 valence electrons. The molecule has 42 heavy (non-hydrogen) atoms. The van der Waals surface area contributed by atoms with E-state index in [0.29, 0.717) is 49.5 Å². The van der Waals surface area contributed by atoms with Crippen molar-refractivity contribution in [3.05, 3.63) is 123 Å². The molecule has 0 saturated heterocycles. The normalized spacial score (nSPS) is 12.3. The van der Waals surface area contributed by atoms with Crippen molar-refractivity contribution in [2.24, 2.45) is 4.99 Å². The molecule has 7 nitrogen and oxygen atoms in total. The van der Waals surface area contributed by atoms with Crippen LogP contribution < -0.4 is 4.80 Å². The number of halogens is 5. The highest BCUT2D eigenvalue weighted by Gasteiger charge is 2.30. The van der Waals surface area contributed by atoms with Crippen molar-refractivity contribution in [1.82, 2.24) is 24.7 Å². The molecule has 0 bridgehead atoms. The van der Waals surface area contributed by atoms with Gasteiger partial charge in [0.25, 0.3) is 0 Å². The molecule has 0 fully saturated rings. The molecule has 0 radical (unpaired) electrons. The molecule has 6 aromatic rings. The van der Waals surface area contributed by atoms with Crippen molar-refractivity contribution >= 4 is 22.9 Å². The van der Waals surface area contributed by atoms with Gasteiger partial charge in [-0.15, -0.1) is 16.4 Å². The Hall–Kier alpha value is -4.55. The number of alkyl halides is 3. The van der Waals surface area contributed by atoms with Crippen LogP contribution in [0.25, 0.3) is 28.4 Å². The van der Waals surface area contributed by atoms with E-state index in [2.05, 4.69) is 20.5 Å². The second-order valence-corrected chi connectivity index (χ2v) is 10.4. The summed E-state index contributed by atoms with van der Waals surface area (Å²) >= 11 is 7.63. The zero-order valence-electron chi connectivity index (χ0n) is 21.5. The van der Waals surface area contributed by atoms with Crippen LogP contribution in [0.2, 0.25) is 5.02 Å². The monoisotopic (exact) mass is 610 g/mol. The minimum atomic E-state index is -4.45. The van der Waals surface area contributed by atoms with Crippen LogP contribution in [-0.4, -0.2) is 24.7 Å². The molecular weight excluding hydrogens is 592 g/mol. The maximum absolute atomic E-state index is 13.4. The Morgan fingerprint density at radius 3 is 2.57 bits per heavy atom. The predicted molar refractivity (Wildman–Crippen MR) is 149 cm³/mol. The van der Waals surface area contributed by atoms with Gasteiger partial charge in [0, 0.05) is 17.0 Å². The van der Waals surface area contributed by atoms with E-state index in [-0.39, 0.29) is 18.9 Å². The quantitative estimate of drug-likeness (QED) is 0.176. The lowest BCUT2D eigenvalue weighted by Gasteiger charge is -2.08. The van der Waals surface area contributed by atoms with Crippen molar-refractivity contribution < 1.29 is 22.1 Å². The van der Waals surface area contributed by atoms with Gasteiger partial charge in [-0.1, -0.05) is 46.2 Å². The second-order valence-electron chi connectivity index (χ2n) is 9.19. The van der Waals surface area contributed by atoms with Crippen molar-refractivity contribution in [2.75, 3.05) is 0 Å². The van der Waals surface area contributed by atoms with Crippen LogP contribution in [0.15, 0.2) is 100.0 Å². The minimum absolute atomic E-state index is 0.0236. The molecule has 0 unspecified atom stereocenters. The molecule has 3 aromatic heterocycles. The summed E-state index contributed by atoms with van der Waals surface area (Å²) in [5.41, 5.74) is 2.70. The first-order valence-corrected chi connectivity index (χ1v) is 13.7. The largest absolute Gasteiger partial charge is 0.416 e. The number of benzene rings is 3. The Bertz CT molecular complexity index is 1920. The van der Waals surface area contributed by atoms with E-state index < -0.39 is 11.7 Å². The molecule has 3 aromatic carbocycles. The smallest absolute Gasteiger partial charge is 0.356 e. The zero-order valence-corrected chi connectivity index (χ0v) is 23.0. The topological polar surface area (TPSA) is 74.0 Å². The zero-order chi connectivity index (χ0) is 29.3. The summed E-state index contributed by atoms with van der Waals surface area (Å²) in [6, 6.07) is 19.9. The third kappa shape index (κ3) is 5.90. The standard InChI is InChI=1S/C29H19ClF4N6OS/c30-24-7-2-1-6-23(24)27-13-21(37-41-27)15-39-26(25-16-40(38-36-25)22-10-8-20(31)9-11-22)17-42-28(39)35-14-18-4-3-5-19(12-18)29(32,33)34/h1-13,16-17H,14-15H2. The minimum Gasteiger partial charge on any atom is -0.356 e. The molecular formula is C29H19ClF4N6OS. The third-order valence-corrected chi connectivity index (χ3v) is 7.55. The van der Waals surface area contributed by atoms with Crippen LogP contribution in [0.3, 0.4) is 0 Å². The van der Waals surface area contributed by atoms with Crippen molar-refractivity contribution in [3.63, 3.8) is 0 Å². The lowest BCUT2D eigenvalue weighted by atomic mass is 10.1. The van der Waals surface area contributed by atoms with Gasteiger partial charge in [0.1, 0.15) is 17.2 Å². The Kier molecular flexibility index (Phi) is 7.48. The van der Waals surface area contributed by atoms with Gasteiger partial charge >= 0.3 is 6.18 Å². The molecule has 0 spiro atoms. The predicted octanol–water partition coefficient (Wildman–Crippen LogP) is 7.41. The summed E-state index contributed by atoms with van der Waals surface area (Å²) in [7, 11) is 0. The Morgan fingerprint density at radius 2 is 1.79 bits per heavy atom. The summed E-state index contributed by atoms with van der Waals surface area (Å²) in [6.45, 7) is 0.244. The molecule has 0 aliphatic carbocycles. The molecule has 3 heterocycles. The Balaban J connectivity index is 1.37. The van der Waals surface area contributed by atoms with E-state index in [4.69, 9.17) is 16.1 Å². The van der Waals surface area contributed by atoms with E-state index in [9.17, 15) is 17.6 Å².